The Morgan fingerprint density at radius 2 is 1.57 bits per heavy atom. The Balaban J connectivity index is 1.67. The fourth-order valence-electron chi connectivity index (χ4n) is 3.70. The third-order valence-corrected chi connectivity index (χ3v) is 5.21. The second-order valence-corrected chi connectivity index (χ2v) is 7.33. The number of rotatable bonds is 6. The van der Waals surface area contributed by atoms with E-state index in [-0.39, 0.29) is 0 Å². The van der Waals surface area contributed by atoms with Crippen molar-refractivity contribution in [3.63, 3.8) is 0 Å². The molecule has 1 aromatic heterocycles. The lowest BCUT2D eigenvalue weighted by atomic mass is 10.0. The summed E-state index contributed by atoms with van der Waals surface area (Å²) in [4.78, 5) is 4.69. The molecule has 4 rings (SSSR count). The molecule has 0 atom stereocenters. The molecule has 152 valence electrons. The molecule has 0 saturated carbocycles. The van der Waals surface area contributed by atoms with Crippen LogP contribution in [-0.2, 0) is 6.61 Å². The van der Waals surface area contributed by atoms with Crippen molar-refractivity contribution in [3.8, 4) is 28.5 Å². The van der Waals surface area contributed by atoms with Gasteiger partial charge in [0, 0.05) is 23.2 Å². The summed E-state index contributed by atoms with van der Waals surface area (Å²) in [6, 6.07) is 20.4. The average Bonchev–Trinajstić information content (AvgIpc) is 2.77. The van der Waals surface area contributed by atoms with E-state index in [0.717, 1.165) is 56.0 Å². The van der Waals surface area contributed by atoms with E-state index < -0.39 is 0 Å². The minimum atomic E-state index is 0.551. The molecule has 0 saturated heterocycles. The first kappa shape index (κ1) is 19.8. The van der Waals surface area contributed by atoms with Crippen molar-refractivity contribution in [1.29, 1.82) is 0 Å². The van der Waals surface area contributed by atoms with Crippen molar-refractivity contribution in [2.24, 2.45) is 0 Å². The molecule has 0 amide bonds. The molecule has 1 heterocycles. The molecule has 4 heteroatoms. The van der Waals surface area contributed by atoms with E-state index in [1.54, 1.807) is 14.2 Å². The lowest BCUT2D eigenvalue weighted by molar-refractivity contribution is 0.302. The molecule has 0 aliphatic rings. The zero-order valence-electron chi connectivity index (χ0n) is 17.7. The molecule has 0 aliphatic heterocycles. The molecule has 4 nitrogen and oxygen atoms in total. The van der Waals surface area contributed by atoms with Crippen LogP contribution in [0.4, 0.5) is 0 Å². The number of hydrogen-bond acceptors (Lipinski definition) is 4. The molecule has 3 aromatic carbocycles. The summed E-state index contributed by atoms with van der Waals surface area (Å²) >= 11 is 0. The first-order chi connectivity index (χ1) is 14.6. The lowest BCUT2D eigenvalue weighted by Crippen LogP contribution is -1.99. The molecular formula is C26H25NO3. The molecule has 30 heavy (non-hydrogen) atoms. The Hall–Kier alpha value is -3.53. The molecule has 0 bridgehead atoms. The van der Waals surface area contributed by atoms with Gasteiger partial charge in [-0.15, -0.1) is 0 Å². The lowest BCUT2D eigenvalue weighted by Gasteiger charge is -2.15. The highest BCUT2D eigenvalue weighted by atomic mass is 16.5. The Morgan fingerprint density at radius 3 is 2.23 bits per heavy atom. The zero-order valence-corrected chi connectivity index (χ0v) is 17.7. The van der Waals surface area contributed by atoms with E-state index in [1.165, 1.54) is 0 Å². The second kappa shape index (κ2) is 8.46. The first-order valence-corrected chi connectivity index (χ1v) is 9.89. The summed E-state index contributed by atoms with van der Waals surface area (Å²) in [5.41, 5.74) is 5.29. The number of pyridine rings is 1. The van der Waals surface area contributed by atoms with Crippen LogP contribution in [0.3, 0.4) is 0 Å². The highest BCUT2D eigenvalue weighted by molar-refractivity contribution is 5.91. The van der Waals surface area contributed by atoms with Crippen molar-refractivity contribution < 1.29 is 14.2 Å². The number of hydrogen-bond donors (Lipinski definition) is 0. The van der Waals surface area contributed by atoms with E-state index in [0.29, 0.717) is 6.61 Å². The molecule has 0 N–H and O–H groups in total. The van der Waals surface area contributed by atoms with E-state index in [1.807, 2.05) is 36.5 Å². The molecule has 0 unspecified atom stereocenters. The Labute approximate surface area is 177 Å². The van der Waals surface area contributed by atoms with Gasteiger partial charge in [0.25, 0.3) is 0 Å². The quantitative estimate of drug-likeness (QED) is 0.392. The maximum atomic E-state index is 6.12. The predicted molar refractivity (Wildman–Crippen MR) is 121 cm³/mol. The van der Waals surface area contributed by atoms with Gasteiger partial charge in [0.2, 0.25) is 0 Å². The van der Waals surface area contributed by atoms with E-state index in [4.69, 9.17) is 14.2 Å². The summed E-state index contributed by atoms with van der Waals surface area (Å²) < 4.78 is 17.0. The van der Waals surface area contributed by atoms with Crippen LogP contribution in [0.25, 0.3) is 22.0 Å². The molecule has 0 fully saturated rings. The van der Waals surface area contributed by atoms with Crippen molar-refractivity contribution in [2.45, 2.75) is 20.5 Å². The standard InChI is InChI=1S/C26H25NO3/c1-17-10-21(11-18(2)26(17)30-16-19-8-6-5-7-9-19)24-13-20-12-22(28-3)14-25(29-4)23(20)15-27-24/h5-15H,16H2,1-4H3. The molecule has 4 aromatic rings. The van der Waals surface area contributed by atoms with Crippen molar-refractivity contribution >= 4 is 10.8 Å². The fraction of sp³-hybridized carbons (Fsp3) is 0.192. The Bertz CT molecular complexity index is 1160. The summed E-state index contributed by atoms with van der Waals surface area (Å²) in [7, 11) is 3.31. The van der Waals surface area contributed by atoms with Gasteiger partial charge < -0.3 is 14.2 Å². The van der Waals surface area contributed by atoms with Gasteiger partial charge in [-0.05, 0) is 60.2 Å². The van der Waals surface area contributed by atoms with Gasteiger partial charge >= 0.3 is 0 Å². The number of nitrogens with zero attached hydrogens (tertiary/aromatic N) is 1. The smallest absolute Gasteiger partial charge is 0.131 e. The summed E-state index contributed by atoms with van der Waals surface area (Å²) in [5, 5.41) is 1.98. The number of ether oxygens (including phenoxy) is 3. The number of methoxy groups -OCH3 is 2. The van der Waals surface area contributed by atoms with E-state index in [9.17, 15) is 0 Å². The van der Waals surface area contributed by atoms with Crippen LogP contribution in [0.2, 0.25) is 0 Å². The predicted octanol–water partition coefficient (Wildman–Crippen LogP) is 6.11. The van der Waals surface area contributed by atoms with Gasteiger partial charge in [-0.2, -0.15) is 0 Å². The normalized spacial score (nSPS) is 10.8. The maximum absolute atomic E-state index is 6.12. The van der Waals surface area contributed by atoms with Crippen LogP contribution in [-0.4, -0.2) is 19.2 Å². The van der Waals surface area contributed by atoms with Crippen LogP contribution in [0.15, 0.2) is 66.9 Å². The van der Waals surface area contributed by atoms with E-state index >= 15 is 0 Å². The van der Waals surface area contributed by atoms with Crippen LogP contribution in [0, 0.1) is 13.8 Å². The average molecular weight is 399 g/mol. The fourth-order valence-corrected chi connectivity index (χ4v) is 3.70. The third kappa shape index (κ3) is 3.94. The number of fused-ring (bicyclic) bond motifs is 1. The molecule has 0 radical (unpaired) electrons. The van der Waals surface area contributed by atoms with Crippen molar-refractivity contribution in [3.05, 3.63) is 83.6 Å². The highest BCUT2D eigenvalue weighted by Crippen LogP contribution is 2.35. The zero-order chi connectivity index (χ0) is 21.1. The van der Waals surface area contributed by atoms with Crippen LogP contribution in [0.1, 0.15) is 16.7 Å². The van der Waals surface area contributed by atoms with Gasteiger partial charge in [-0.1, -0.05) is 30.3 Å². The Kier molecular flexibility index (Phi) is 5.57. The van der Waals surface area contributed by atoms with Gasteiger partial charge in [0.05, 0.1) is 19.9 Å². The number of aromatic nitrogens is 1. The third-order valence-electron chi connectivity index (χ3n) is 5.21. The van der Waals surface area contributed by atoms with Crippen molar-refractivity contribution in [2.75, 3.05) is 14.2 Å². The van der Waals surface area contributed by atoms with Gasteiger partial charge in [-0.3, -0.25) is 4.98 Å². The molecule has 0 spiro atoms. The van der Waals surface area contributed by atoms with Gasteiger partial charge in [0.15, 0.2) is 0 Å². The first-order valence-electron chi connectivity index (χ1n) is 9.89. The van der Waals surface area contributed by atoms with E-state index in [2.05, 4.69) is 49.2 Å². The second-order valence-electron chi connectivity index (χ2n) is 7.33. The number of benzene rings is 3. The molecular weight excluding hydrogens is 374 g/mol. The topological polar surface area (TPSA) is 40.6 Å². The SMILES string of the molecule is COc1cc(OC)c2cnc(-c3cc(C)c(OCc4ccccc4)c(C)c3)cc2c1. The summed E-state index contributed by atoms with van der Waals surface area (Å²) in [6.07, 6.45) is 1.85. The molecule has 0 aliphatic carbocycles. The largest absolute Gasteiger partial charge is 0.497 e. The maximum Gasteiger partial charge on any atom is 0.131 e. The Morgan fingerprint density at radius 1 is 0.833 bits per heavy atom. The van der Waals surface area contributed by atoms with Gasteiger partial charge in [-0.25, -0.2) is 0 Å². The monoisotopic (exact) mass is 399 g/mol. The van der Waals surface area contributed by atoms with Crippen LogP contribution in [0.5, 0.6) is 17.2 Å². The van der Waals surface area contributed by atoms with Gasteiger partial charge in [0.1, 0.15) is 23.9 Å². The van der Waals surface area contributed by atoms with Crippen LogP contribution >= 0.6 is 0 Å². The van der Waals surface area contributed by atoms with Crippen molar-refractivity contribution in [1.82, 2.24) is 4.98 Å². The number of aryl methyl sites for hydroxylation is 2. The van der Waals surface area contributed by atoms with Crippen LogP contribution < -0.4 is 14.2 Å². The summed E-state index contributed by atoms with van der Waals surface area (Å²) in [5.74, 6) is 2.43. The summed E-state index contributed by atoms with van der Waals surface area (Å²) in [6.45, 7) is 4.70. The highest BCUT2D eigenvalue weighted by Gasteiger charge is 2.12. The minimum Gasteiger partial charge on any atom is -0.497 e. The minimum absolute atomic E-state index is 0.551.